The molecule has 1 aromatic carbocycles. The minimum Gasteiger partial charge on any atom is -0.483 e. The third kappa shape index (κ3) is 3.42. The summed E-state index contributed by atoms with van der Waals surface area (Å²) in [4.78, 5) is 1.08. The Hall–Kier alpha value is -1.03. The van der Waals surface area contributed by atoms with Gasteiger partial charge in [0.1, 0.15) is 11.9 Å². The van der Waals surface area contributed by atoms with Gasteiger partial charge in [-0.05, 0) is 68.0 Å². The Bertz CT molecular complexity index is 623. The lowest BCUT2D eigenvalue weighted by atomic mass is 9.92. The van der Waals surface area contributed by atoms with E-state index in [0.717, 1.165) is 21.4 Å². The Morgan fingerprint density at radius 1 is 1.14 bits per heavy atom. The van der Waals surface area contributed by atoms with Crippen molar-refractivity contribution in [1.82, 2.24) is 0 Å². The summed E-state index contributed by atoms with van der Waals surface area (Å²) in [6.45, 7) is 1.97. The van der Waals surface area contributed by atoms with Crippen molar-refractivity contribution in [1.29, 1.82) is 0 Å². The van der Waals surface area contributed by atoms with Crippen molar-refractivity contribution in [3.63, 3.8) is 0 Å². The van der Waals surface area contributed by atoms with E-state index >= 15 is 0 Å². The summed E-state index contributed by atoms with van der Waals surface area (Å²) >= 11 is 7.56. The second-order valence-electron chi connectivity index (χ2n) is 5.68. The molecule has 3 rings (SSSR count). The zero-order valence-corrected chi connectivity index (χ0v) is 13.7. The van der Waals surface area contributed by atoms with Crippen LogP contribution in [0.4, 0.5) is 0 Å². The first kappa shape index (κ1) is 14.9. The molecule has 1 heterocycles. The molecule has 0 radical (unpaired) electrons. The molecule has 0 saturated heterocycles. The van der Waals surface area contributed by atoms with Crippen LogP contribution in [0.15, 0.2) is 30.3 Å². The zero-order chi connectivity index (χ0) is 14.8. The fraction of sp³-hybridized carbons (Fsp3) is 0.412. The predicted molar refractivity (Wildman–Crippen MR) is 89.4 cm³/mol. The standard InChI is InChI=1S/C17H20ClNOS/c1-11(19)17(15-8-9-16(18)21-15)20-14-7-6-12-4-2-3-5-13(12)10-14/h6-11,17H,2-5,19H2,1H3. The van der Waals surface area contributed by atoms with E-state index in [1.165, 1.54) is 41.7 Å². The molecule has 0 fully saturated rings. The van der Waals surface area contributed by atoms with Gasteiger partial charge >= 0.3 is 0 Å². The molecule has 0 aliphatic heterocycles. The SMILES string of the molecule is CC(N)C(Oc1ccc2c(c1)CCCC2)c1ccc(Cl)s1. The van der Waals surface area contributed by atoms with E-state index in [9.17, 15) is 0 Å². The summed E-state index contributed by atoms with van der Waals surface area (Å²) in [7, 11) is 0. The summed E-state index contributed by atoms with van der Waals surface area (Å²) < 4.78 is 6.94. The van der Waals surface area contributed by atoms with Crippen LogP contribution in [0.2, 0.25) is 4.34 Å². The highest BCUT2D eigenvalue weighted by molar-refractivity contribution is 7.16. The number of halogens is 1. The van der Waals surface area contributed by atoms with Gasteiger partial charge in [-0.25, -0.2) is 0 Å². The highest BCUT2D eigenvalue weighted by Gasteiger charge is 2.21. The van der Waals surface area contributed by atoms with E-state index < -0.39 is 0 Å². The van der Waals surface area contributed by atoms with Crippen molar-refractivity contribution in [3.05, 3.63) is 50.7 Å². The van der Waals surface area contributed by atoms with Crippen molar-refractivity contribution >= 4 is 22.9 Å². The van der Waals surface area contributed by atoms with Gasteiger partial charge in [0, 0.05) is 10.9 Å². The highest BCUT2D eigenvalue weighted by atomic mass is 35.5. The quantitative estimate of drug-likeness (QED) is 0.882. The molecule has 2 unspecified atom stereocenters. The maximum atomic E-state index is 6.17. The topological polar surface area (TPSA) is 35.2 Å². The van der Waals surface area contributed by atoms with Gasteiger partial charge in [-0.2, -0.15) is 0 Å². The molecule has 0 spiro atoms. The number of nitrogens with two attached hydrogens (primary N) is 1. The predicted octanol–water partition coefficient (Wildman–Crippen LogP) is 4.75. The van der Waals surface area contributed by atoms with Crippen molar-refractivity contribution in [2.45, 2.75) is 44.8 Å². The Morgan fingerprint density at radius 3 is 2.57 bits per heavy atom. The molecule has 2 atom stereocenters. The van der Waals surface area contributed by atoms with E-state index in [2.05, 4.69) is 18.2 Å². The smallest absolute Gasteiger partial charge is 0.148 e. The number of thiophene rings is 1. The van der Waals surface area contributed by atoms with Crippen LogP contribution in [0.5, 0.6) is 5.75 Å². The van der Waals surface area contributed by atoms with Crippen LogP contribution in [0.3, 0.4) is 0 Å². The molecule has 112 valence electrons. The van der Waals surface area contributed by atoms with Crippen LogP contribution in [0, 0.1) is 0 Å². The van der Waals surface area contributed by atoms with E-state index in [1.807, 2.05) is 19.1 Å². The molecule has 2 aromatic rings. The monoisotopic (exact) mass is 321 g/mol. The third-order valence-electron chi connectivity index (χ3n) is 3.93. The summed E-state index contributed by atoms with van der Waals surface area (Å²) in [5.74, 6) is 0.905. The summed E-state index contributed by atoms with van der Waals surface area (Å²) in [6, 6.07) is 10.2. The van der Waals surface area contributed by atoms with E-state index in [0.29, 0.717) is 0 Å². The molecule has 0 bridgehead atoms. The fourth-order valence-corrected chi connectivity index (χ4v) is 4.04. The lowest BCUT2D eigenvalue weighted by molar-refractivity contribution is 0.184. The zero-order valence-electron chi connectivity index (χ0n) is 12.1. The van der Waals surface area contributed by atoms with Crippen LogP contribution >= 0.6 is 22.9 Å². The number of hydrogen-bond donors (Lipinski definition) is 1. The van der Waals surface area contributed by atoms with Crippen LogP contribution in [0.1, 0.15) is 41.9 Å². The minimum absolute atomic E-state index is 0.0873. The van der Waals surface area contributed by atoms with Gasteiger partial charge in [0.05, 0.1) is 4.34 Å². The van der Waals surface area contributed by atoms with Crippen LogP contribution < -0.4 is 10.5 Å². The number of aryl methyl sites for hydroxylation is 2. The van der Waals surface area contributed by atoms with Gasteiger partial charge < -0.3 is 10.5 Å². The van der Waals surface area contributed by atoms with E-state index in [-0.39, 0.29) is 12.1 Å². The number of hydrogen-bond acceptors (Lipinski definition) is 3. The number of benzene rings is 1. The number of rotatable bonds is 4. The minimum atomic E-state index is -0.149. The van der Waals surface area contributed by atoms with Gasteiger partial charge in [-0.1, -0.05) is 17.7 Å². The van der Waals surface area contributed by atoms with Gasteiger partial charge in [-0.15, -0.1) is 11.3 Å². The Morgan fingerprint density at radius 2 is 1.90 bits per heavy atom. The van der Waals surface area contributed by atoms with Crippen molar-refractivity contribution < 1.29 is 4.74 Å². The van der Waals surface area contributed by atoms with Crippen molar-refractivity contribution in [2.24, 2.45) is 5.73 Å². The normalized spacial score (nSPS) is 17.1. The molecule has 1 aliphatic carbocycles. The molecular weight excluding hydrogens is 302 g/mol. The first-order valence-electron chi connectivity index (χ1n) is 7.43. The molecule has 0 saturated carbocycles. The molecule has 1 aliphatic rings. The van der Waals surface area contributed by atoms with Crippen LogP contribution in [0.25, 0.3) is 0 Å². The second-order valence-corrected chi connectivity index (χ2v) is 7.42. The van der Waals surface area contributed by atoms with E-state index in [4.69, 9.17) is 22.1 Å². The molecule has 2 N–H and O–H groups in total. The summed E-state index contributed by atoms with van der Waals surface area (Å²) in [6.07, 6.45) is 4.76. The summed E-state index contributed by atoms with van der Waals surface area (Å²) in [5, 5.41) is 0. The first-order chi connectivity index (χ1) is 10.1. The Kier molecular flexibility index (Phi) is 4.53. The van der Waals surface area contributed by atoms with Crippen molar-refractivity contribution in [2.75, 3.05) is 0 Å². The molecule has 0 amide bonds. The molecular formula is C17H20ClNOS. The maximum absolute atomic E-state index is 6.17. The van der Waals surface area contributed by atoms with E-state index in [1.54, 1.807) is 0 Å². The van der Waals surface area contributed by atoms with Crippen molar-refractivity contribution in [3.8, 4) is 5.75 Å². The summed E-state index contributed by atoms with van der Waals surface area (Å²) in [5.41, 5.74) is 8.99. The first-order valence-corrected chi connectivity index (χ1v) is 8.62. The van der Waals surface area contributed by atoms with Crippen LogP contribution in [-0.2, 0) is 12.8 Å². The van der Waals surface area contributed by atoms with Gasteiger partial charge in [0.15, 0.2) is 0 Å². The second kappa shape index (κ2) is 6.39. The molecule has 4 heteroatoms. The Balaban J connectivity index is 1.83. The molecule has 2 nitrogen and oxygen atoms in total. The lowest BCUT2D eigenvalue weighted by Gasteiger charge is -2.23. The van der Waals surface area contributed by atoms with Crippen LogP contribution in [-0.4, -0.2) is 6.04 Å². The third-order valence-corrected chi connectivity index (χ3v) is 5.23. The lowest BCUT2D eigenvalue weighted by Crippen LogP contribution is -2.28. The molecule has 1 aromatic heterocycles. The fourth-order valence-electron chi connectivity index (χ4n) is 2.84. The number of fused-ring (bicyclic) bond motifs is 1. The largest absolute Gasteiger partial charge is 0.483 e. The maximum Gasteiger partial charge on any atom is 0.148 e. The molecule has 21 heavy (non-hydrogen) atoms. The van der Waals surface area contributed by atoms with Gasteiger partial charge in [0.25, 0.3) is 0 Å². The average Bonchev–Trinajstić information content (AvgIpc) is 2.90. The number of ether oxygens (including phenoxy) is 1. The average molecular weight is 322 g/mol. The Labute approximate surface area is 134 Å². The van der Waals surface area contributed by atoms with Gasteiger partial charge in [-0.3, -0.25) is 0 Å². The van der Waals surface area contributed by atoms with Gasteiger partial charge in [0.2, 0.25) is 0 Å². The highest BCUT2D eigenvalue weighted by Crippen LogP contribution is 2.33.